The summed E-state index contributed by atoms with van der Waals surface area (Å²) in [7, 11) is 0. The highest BCUT2D eigenvalue weighted by Crippen LogP contribution is 2.46. The van der Waals surface area contributed by atoms with E-state index >= 15 is 0 Å². The van der Waals surface area contributed by atoms with Crippen LogP contribution in [0.4, 0.5) is 0 Å². The molecule has 262 valence electrons. The molecule has 2 heterocycles. The van der Waals surface area contributed by atoms with Crippen molar-refractivity contribution in [2.75, 3.05) is 0 Å². The first kappa shape index (κ1) is 31.2. The second-order valence-electron chi connectivity index (χ2n) is 15.2. The number of para-hydroxylation sites is 4. The molecule has 0 N–H and O–H groups in total. The van der Waals surface area contributed by atoms with Gasteiger partial charge in [-0.2, -0.15) is 0 Å². The lowest BCUT2D eigenvalue weighted by molar-refractivity contribution is 0.870. The molecule has 10 aromatic carbocycles. The minimum absolute atomic E-state index is 0.809. The van der Waals surface area contributed by atoms with Crippen molar-refractivity contribution < 1.29 is 0 Å². The van der Waals surface area contributed by atoms with Gasteiger partial charge in [-0.1, -0.05) is 182 Å². The zero-order valence-electron chi connectivity index (χ0n) is 30.8. The molecule has 0 bridgehead atoms. The summed E-state index contributed by atoms with van der Waals surface area (Å²) >= 11 is 0. The summed E-state index contributed by atoms with van der Waals surface area (Å²) < 4.78 is 5.06. The van der Waals surface area contributed by atoms with Gasteiger partial charge in [-0.25, -0.2) is 0 Å². The molecular formula is C54H36N2. The first-order chi connectivity index (χ1) is 27.8. The number of hydrogen-bond donors (Lipinski definition) is 0. The molecule has 2 aromatic heterocycles. The summed E-state index contributed by atoms with van der Waals surface area (Å²) in [5.41, 5.74) is 12.8. The predicted octanol–water partition coefficient (Wildman–Crippen LogP) is 14.2. The average molecular weight is 713 g/mol. The molecule has 0 spiro atoms. The Bertz CT molecular complexity index is 3230. The van der Waals surface area contributed by atoms with Crippen LogP contribution in [-0.4, -0.2) is 9.13 Å². The van der Waals surface area contributed by atoms with Crippen molar-refractivity contribution in [1.82, 2.24) is 9.13 Å². The van der Waals surface area contributed by atoms with E-state index in [0.717, 1.165) is 13.1 Å². The molecule has 0 fully saturated rings. The van der Waals surface area contributed by atoms with E-state index in [4.69, 9.17) is 0 Å². The highest BCUT2D eigenvalue weighted by molar-refractivity contribution is 6.29. The van der Waals surface area contributed by atoms with Gasteiger partial charge in [0.2, 0.25) is 0 Å². The van der Waals surface area contributed by atoms with E-state index in [9.17, 15) is 0 Å². The fourth-order valence-corrected chi connectivity index (χ4v) is 9.78. The van der Waals surface area contributed by atoms with Crippen LogP contribution in [-0.2, 0) is 13.1 Å². The minimum Gasteiger partial charge on any atom is -0.335 e. The van der Waals surface area contributed by atoms with Crippen molar-refractivity contribution in [2.24, 2.45) is 0 Å². The first-order valence-electron chi connectivity index (χ1n) is 19.6. The average Bonchev–Trinajstić information content (AvgIpc) is 3.75. The molecule has 0 radical (unpaired) electrons. The summed E-state index contributed by atoms with van der Waals surface area (Å²) in [5.74, 6) is 0. The third-order valence-corrected chi connectivity index (χ3v) is 12.2. The van der Waals surface area contributed by atoms with Gasteiger partial charge in [0.25, 0.3) is 0 Å². The van der Waals surface area contributed by atoms with Crippen LogP contribution in [0.2, 0.25) is 0 Å². The van der Waals surface area contributed by atoms with E-state index in [1.807, 2.05) is 0 Å². The van der Waals surface area contributed by atoms with Gasteiger partial charge in [-0.15, -0.1) is 0 Å². The lowest BCUT2D eigenvalue weighted by atomic mass is 9.86. The zero-order valence-corrected chi connectivity index (χ0v) is 30.8. The number of rotatable bonds is 6. The Balaban J connectivity index is 1.12. The van der Waals surface area contributed by atoms with Gasteiger partial charge in [0, 0.05) is 56.8 Å². The molecule has 0 amide bonds. The Labute approximate surface area is 324 Å². The predicted molar refractivity (Wildman–Crippen MR) is 238 cm³/mol. The van der Waals surface area contributed by atoms with Gasteiger partial charge >= 0.3 is 0 Å². The second kappa shape index (κ2) is 12.2. The first-order valence-corrected chi connectivity index (χ1v) is 19.6. The normalized spacial score (nSPS) is 12.1. The van der Waals surface area contributed by atoms with E-state index in [1.165, 1.54) is 109 Å². The van der Waals surface area contributed by atoms with Crippen molar-refractivity contribution in [2.45, 2.75) is 13.1 Å². The lowest BCUT2D eigenvalue weighted by Gasteiger charge is -2.18. The topological polar surface area (TPSA) is 9.86 Å². The molecule has 0 aliphatic rings. The maximum Gasteiger partial charge on any atom is 0.0574 e. The number of fused-ring (bicyclic) bond motifs is 6. The summed E-state index contributed by atoms with van der Waals surface area (Å²) in [6.45, 7) is 1.62. The van der Waals surface area contributed by atoms with Gasteiger partial charge in [0.1, 0.15) is 0 Å². The van der Waals surface area contributed by atoms with Crippen LogP contribution in [0.15, 0.2) is 194 Å². The molecule has 0 saturated carbocycles. The quantitative estimate of drug-likeness (QED) is 0.152. The second-order valence-corrected chi connectivity index (χ2v) is 15.2. The summed E-state index contributed by atoms with van der Waals surface area (Å²) in [5, 5.41) is 13.0. The smallest absolute Gasteiger partial charge is 0.0574 e. The van der Waals surface area contributed by atoms with Gasteiger partial charge in [0.05, 0.1) is 11.0 Å². The van der Waals surface area contributed by atoms with E-state index < -0.39 is 0 Å². The molecule has 12 rings (SSSR count). The summed E-state index contributed by atoms with van der Waals surface area (Å²) in [6.07, 6.45) is 0. The van der Waals surface area contributed by atoms with Crippen LogP contribution in [0.3, 0.4) is 0 Å². The Kier molecular flexibility index (Phi) is 6.79. The van der Waals surface area contributed by atoms with E-state index in [2.05, 4.69) is 203 Å². The summed E-state index contributed by atoms with van der Waals surface area (Å²) in [6, 6.07) is 71.9. The van der Waals surface area contributed by atoms with Crippen molar-refractivity contribution in [3.63, 3.8) is 0 Å². The van der Waals surface area contributed by atoms with Gasteiger partial charge in [0.15, 0.2) is 0 Å². The summed E-state index contributed by atoms with van der Waals surface area (Å²) in [4.78, 5) is 0. The van der Waals surface area contributed by atoms with Crippen LogP contribution in [0.25, 0.3) is 98.2 Å². The molecule has 56 heavy (non-hydrogen) atoms. The lowest BCUT2D eigenvalue weighted by Crippen LogP contribution is -2.01. The standard InChI is InChI=1S/C54H36N2/c1-3-13-35(14-4-1)33-55-49-23-9-7-17-41(49)47-21-11-19-45(53(47)55)39-29-25-37-28-32-44-40(30-26-38-27-31-43(39)51(37)52(38)44)46-20-12-22-48-42-18-8-10-24-50(42)56(54(46)48)34-36-15-5-2-6-16-36/h1-32H,33-34H2. The Morgan fingerprint density at radius 2 is 0.661 bits per heavy atom. The molecule has 0 atom stereocenters. The molecule has 0 unspecified atom stereocenters. The third-order valence-electron chi connectivity index (χ3n) is 12.2. The van der Waals surface area contributed by atoms with Gasteiger partial charge < -0.3 is 9.13 Å². The molecule has 0 aliphatic heterocycles. The molecule has 0 saturated heterocycles. The fraction of sp³-hybridized carbons (Fsp3) is 0.0370. The Morgan fingerprint density at radius 3 is 1.12 bits per heavy atom. The van der Waals surface area contributed by atoms with Crippen molar-refractivity contribution in [1.29, 1.82) is 0 Å². The van der Waals surface area contributed by atoms with E-state index in [0.29, 0.717) is 0 Å². The van der Waals surface area contributed by atoms with Crippen molar-refractivity contribution >= 4 is 75.9 Å². The number of hydrogen-bond acceptors (Lipinski definition) is 0. The van der Waals surface area contributed by atoms with Gasteiger partial charge in [-0.05, 0) is 66.7 Å². The molecule has 0 aliphatic carbocycles. The monoisotopic (exact) mass is 712 g/mol. The van der Waals surface area contributed by atoms with Crippen LogP contribution >= 0.6 is 0 Å². The maximum absolute atomic E-state index is 2.53. The molecule has 2 nitrogen and oxygen atoms in total. The largest absolute Gasteiger partial charge is 0.335 e. The highest BCUT2D eigenvalue weighted by Gasteiger charge is 2.21. The van der Waals surface area contributed by atoms with Crippen LogP contribution < -0.4 is 0 Å². The SMILES string of the molecule is c1ccc(Cn2c3ccccc3c3cccc(-c4ccc5ccc6c(-c7cccc8c9ccccc9n(Cc9ccccc9)c78)ccc7ccc4c5c76)c32)cc1. The van der Waals surface area contributed by atoms with Crippen LogP contribution in [0, 0.1) is 0 Å². The molecule has 2 heteroatoms. The maximum atomic E-state index is 2.53. The molecular weight excluding hydrogens is 677 g/mol. The van der Waals surface area contributed by atoms with Crippen LogP contribution in [0.5, 0.6) is 0 Å². The minimum atomic E-state index is 0.809. The van der Waals surface area contributed by atoms with E-state index in [-0.39, 0.29) is 0 Å². The van der Waals surface area contributed by atoms with Crippen LogP contribution in [0.1, 0.15) is 11.1 Å². The van der Waals surface area contributed by atoms with Gasteiger partial charge in [-0.3, -0.25) is 0 Å². The molecule has 12 aromatic rings. The van der Waals surface area contributed by atoms with Crippen molar-refractivity contribution in [3.8, 4) is 22.3 Å². The Morgan fingerprint density at radius 1 is 0.268 bits per heavy atom. The third kappa shape index (κ3) is 4.56. The zero-order chi connectivity index (χ0) is 36.7. The fourth-order valence-electron chi connectivity index (χ4n) is 9.78. The number of benzene rings is 10. The number of aromatic nitrogens is 2. The van der Waals surface area contributed by atoms with E-state index in [1.54, 1.807) is 0 Å². The number of nitrogens with zero attached hydrogens (tertiary/aromatic N) is 2. The highest BCUT2D eigenvalue weighted by atomic mass is 15.0. The Hall–Kier alpha value is -7.16. The van der Waals surface area contributed by atoms with Crippen molar-refractivity contribution in [3.05, 3.63) is 205 Å².